The van der Waals surface area contributed by atoms with Gasteiger partial charge in [0.05, 0.1) is 18.3 Å². The minimum atomic E-state index is -0.581. The monoisotopic (exact) mass is 295 g/mol. The first-order valence-electron chi connectivity index (χ1n) is 6.73. The SMILES string of the molecule is COCC(C)n1cc(C)nc1NCc1ccc(F)cc1F. The van der Waals surface area contributed by atoms with Crippen molar-refractivity contribution in [2.24, 2.45) is 0 Å². The predicted octanol–water partition coefficient (Wildman–Crippen LogP) is 3.29. The summed E-state index contributed by atoms with van der Waals surface area (Å²) in [7, 11) is 1.64. The van der Waals surface area contributed by atoms with Gasteiger partial charge in [-0.25, -0.2) is 13.8 Å². The standard InChI is InChI=1S/C15H19F2N3O/c1-10-8-20(11(2)9-21-3)15(19-10)18-7-12-4-5-13(16)6-14(12)17/h4-6,8,11H,7,9H2,1-3H3,(H,18,19). The summed E-state index contributed by atoms with van der Waals surface area (Å²) in [5, 5.41) is 3.08. The quantitative estimate of drug-likeness (QED) is 0.889. The molecule has 1 aromatic carbocycles. The van der Waals surface area contributed by atoms with E-state index < -0.39 is 11.6 Å². The number of hydrogen-bond donors (Lipinski definition) is 1. The van der Waals surface area contributed by atoms with Gasteiger partial charge in [0.25, 0.3) is 0 Å². The lowest BCUT2D eigenvalue weighted by Crippen LogP contribution is -2.14. The smallest absolute Gasteiger partial charge is 0.203 e. The fraction of sp³-hybridized carbons (Fsp3) is 0.400. The molecule has 0 saturated heterocycles. The Kier molecular flexibility index (Phi) is 4.90. The third-order valence-corrected chi connectivity index (χ3v) is 3.19. The van der Waals surface area contributed by atoms with Crippen molar-refractivity contribution in [3.8, 4) is 0 Å². The van der Waals surface area contributed by atoms with Crippen LogP contribution >= 0.6 is 0 Å². The molecule has 0 aliphatic carbocycles. The first-order valence-corrected chi connectivity index (χ1v) is 6.73. The first-order chi connectivity index (χ1) is 10.0. The van der Waals surface area contributed by atoms with Crippen LogP contribution in [0.15, 0.2) is 24.4 Å². The maximum atomic E-state index is 13.6. The highest BCUT2D eigenvalue weighted by atomic mass is 19.1. The summed E-state index contributed by atoms with van der Waals surface area (Å²) in [5.41, 5.74) is 1.25. The summed E-state index contributed by atoms with van der Waals surface area (Å²) in [6.07, 6.45) is 1.91. The Balaban J connectivity index is 2.12. The molecule has 0 aliphatic heterocycles. The molecule has 0 amide bonds. The van der Waals surface area contributed by atoms with Crippen LogP contribution in [0.25, 0.3) is 0 Å². The summed E-state index contributed by atoms with van der Waals surface area (Å²) in [6.45, 7) is 4.69. The van der Waals surface area contributed by atoms with E-state index in [9.17, 15) is 8.78 Å². The molecular weight excluding hydrogens is 276 g/mol. The molecule has 0 spiro atoms. The van der Waals surface area contributed by atoms with Crippen LogP contribution in [-0.2, 0) is 11.3 Å². The van der Waals surface area contributed by atoms with Crippen LogP contribution in [0.4, 0.5) is 14.7 Å². The number of halogens is 2. The van der Waals surface area contributed by atoms with Crippen LogP contribution in [0.1, 0.15) is 24.2 Å². The molecule has 21 heavy (non-hydrogen) atoms. The van der Waals surface area contributed by atoms with E-state index in [2.05, 4.69) is 10.3 Å². The van der Waals surface area contributed by atoms with Crippen molar-refractivity contribution < 1.29 is 13.5 Å². The molecule has 1 N–H and O–H groups in total. The van der Waals surface area contributed by atoms with Crippen molar-refractivity contribution in [3.63, 3.8) is 0 Å². The van der Waals surface area contributed by atoms with E-state index in [1.54, 1.807) is 7.11 Å². The second-order valence-corrected chi connectivity index (χ2v) is 5.01. The third kappa shape index (κ3) is 3.78. The van der Waals surface area contributed by atoms with Crippen molar-refractivity contribution in [3.05, 3.63) is 47.3 Å². The molecule has 2 aromatic rings. The van der Waals surface area contributed by atoms with E-state index in [0.717, 1.165) is 11.8 Å². The van der Waals surface area contributed by atoms with E-state index >= 15 is 0 Å². The molecule has 0 bridgehead atoms. The average Bonchev–Trinajstić information content (AvgIpc) is 2.79. The number of rotatable bonds is 6. The number of anilines is 1. The normalized spacial score (nSPS) is 12.4. The van der Waals surface area contributed by atoms with Crippen LogP contribution < -0.4 is 5.32 Å². The van der Waals surface area contributed by atoms with Gasteiger partial charge in [0, 0.05) is 31.5 Å². The zero-order valence-electron chi connectivity index (χ0n) is 12.4. The zero-order chi connectivity index (χ0) is 15.4. The van der Waals surface area contributed by atoms with Gasteiger partial charge in [-0.3, -0.25) is 0 Å². The predicted molar refractivity (Wildman–Crippen MR) is 77.2 cm³/mol. The number of aryl methyl sites for hydroxylation is 1. The van der Waals surface area contributed by atoms with Crippen molar-refractivity contribution in [1.29, 1.82) is 0 Å². The Hall–Kier alpha value is -1.95. The van der Waals surface area contributed by atoms with Crippen LogP contribution in [0.2, 0.25) is 0 Å². The lowest BCUT2D eigenvalue weighted by Gasteiger charge is -2.16. The molecule has 1 aromatic heterocycles. The zero-order valence-corrected chi connectivity index (χ0v) is 12.4. The number of imidazole rings is 1. The molecule has 0 saturated carbocycles. The maximum Gasteiger partial charge on any atom is 0.203 e. The van der Waals surface area contributed by atoms with E-state index in [4.69, 9.17) is 4.74 Å². The van der Waals surface area contributed by atoms with Gasteiger partial charge in [-0.2, -0.15) is 0 Å². The van der Waals surface area contributed by atoms with Gasteiger partial charge in [-0.15, -0.1) is 0 Å². The van der Waals surface area contributed by atoms with Crippen molar-refractivity contribution >= 4 is 5.95 Å². The molecule has 2 rings (SSSR count). The summed E-state index contributed by atoms with van der Waals surface area (Å²) in [6, 6.07) is 3.65. The molecule has 1 heterocycles. The van der Waals surface area contributed by atoms with Crippen molar-refractivity contribution in [1.82, 2.24) is 9.55 Å². The highest BCUT2D eigenvalue weighted by Crippen LogP contribution is 2.18. The Bertz CT molecular complexity index is 613. The fourth-order valence-electron chi connectivity index (χ4n) is 2.14. The summed E-state index contributed by atoms with van der Waals surface area (Å²) >= 11 is 0. The fourth-order valence-corrected chi connectivity index (χ4v) is 2.14. The highest BCUT2D eigenvalue weighted by molar-refractivity contribution is 5.32. The largest absolute Gasteiger partial charge is 0.383 e. The third-order valence-electron chi connectivity index (χ3n) is 3.19. The maximum absolute atomic E-state index is 13.6. The summed E-state index contributed by atoms with van der Waals surface area (Å²) < 4.78 is 33.6. The number of methoxy groups -OCH3 is 1. The molecule has 1 atom stereocenters. The van der Waals surface area contributed by atoms with Gasteiger partial charge in [-0.1, -0.05) is 6.07 Å². The number of benzene rings is 1. The second kappa shape index (κ2) is 6.67. The van der Waals surface area contributed by atoms with Crippen molar-refractivity contribution in [2.75, 3.05) is 19.0 Å². The van der Waals surface area contributed by atoms with Crippen LogP contribution in [0.5, 0.6) is 0 Å². The van der Waals surface area contributed by atoms with Gasteiger partial charge < -0.3 is 14.6 Å². The average molecular weight is 295 g/mol. The van der Waals surface area contributed by atoms with Gasteiger partial charge in [0.1, 0.15) is 11.6 Å². The van der Waals surface area contributed by atoms with Crippen LogP contribution in [-0.4, -0.2) is 23.3 Å². The topological polar surface area (TPSA) is 39.1 Å². The van der Waals surface area contributed by atoms with E-state index in [0.29, 0.717) is 18.1 Å². The van der Waals surface area contributed by atoms with Crippen LogP contribution in [0.3, 0.4) is 0 Å². The molecule has 0 aliphatic rings. The molecule has 6 heteroatoms. The molecule has 4 nitrogen and oxygen atoms in total. The van der Waals surface area contributed by atoms with Gasteiger partial charge in [0.15, 0.2) is 0 Å². The summed E-state index contributed by atoms with van der Waals surface area (Å²) in [4.78, 5) is 4.38. The Morgan fingerprint density at radius 1 is 1.38 bits per heavy atom. The number of aromatic nitrogens is 2. The summed E-state index contributed by atoms with van der Waals surface area (Å²) in [5.74, 6) is -0.509. The van der Waals surface area contributed by atoms with Gasteiger partial charge >= 0.3 is 0 Å². The van der Waals surface area contributed by atoms with Crippen LogP contribution in [0, 0.1) is 18.6 Å². The lowest BCUT2D eigenvalue weighted by molar-refractivity contribution is 0.163. The number of nitrogens with one attached hydrogen (secondary N) is 1. The van der Waals surface area contributed by atoms with E-state index in [1.807, 2.05) is 24.6 Å². The Morgan fingerprint density at radius 2 is 2.14 bits per heavy atom. The number of nitrogens with zero attached hydrogens (tertiary/aromatic N) is 2. The second-order valence-electron chi connectivity index (χ2n) is 5.01. The number of hydrogen-bond acceptors (Lipinski definition) is 3. The molecule has 1 unspecified atom stereocenters. The Labute approximate surface area is 122 Å². The van der Waals surface area contributed by atoms with Crippen molar-refractivity contribution in [2.45, 2.75) is 26.4 Å². The minimum absolute atomic E-state index is 0.108. The lowest BCUT2D eigenvalue weighted by atomic mass is 10.2. The first kappa shape index (κ1) is 15.4. The highest BCUT2D eigenvalue weighted by Gasteiger charge is 2.12. The molecule has 0 fully saturated rings. The molecular formula is C15H19F2N3O. The van der Waals surface area contributed by atoms with E-state index in [-0.39, 0.29) is 12.6 Å². The van der Waals surface area contributed by atoms with Gasteiger partial charge in [-0.05, 0) is 19.9 Å². The minimum Gasteiger partial charge on any atom is -0.383 e. The Morgan fingerprint density at radius 3 is 2.81 bits per heavy atom. The molecule has 0 radical (unpaired) electrons. The molecule has 114 valence electrons. The number of ether oxygens (including phenoxy) is 1. The van der Waals surface area contributed by atoms with Gasteiger partial charge in [0.2, 0.25) is 5.95 Å². The van der Waals surface area contributed by atoms with E-state index in [1.165, 1.54) is 12.1 Å².